The molecule has 1 fully saturated rings. The van der Waals surface area contributed by atoms with Crippen LogP contribution in [0.3, 0.4) is 0 Å². The van der Waals surface area contributed by atoms with Gasteiger partial charge in [-0.3, -0.25) is 14.5 Å². The van der Waals surface area contributed by atoms with Crippen molar-refractivity contribution >= 4 is 39.7 Å². The van der Waals surface area contributed by atoms with Crippen LogP contribution in [0.5, 0.6) is 5.75 Å². The molecule has 5 rings (SSSR count). The number of H-pyrrole nitrogens is 1. The molecule has 0 aliphatic heterocycles. The Labute approximate surface area is 215 Å². The summed E-state index contributed by atoms with van der Waals surface area (Å²) >= 11 is 1.49. The smallest absolute Gasteiger partial charge is 0.248 e. The minimum absolute atomic E-state index is 0.139. The van der Waals surface area contributed by atoms with Gasteiger partial charge in [0.1, 0.15) is 11.8 Å². The monoisotopic (exact) mass is 501 g/mol. The van der Waals surface area contributed by atoms with E-state index in [0.29, 0.717) is 11.4 Å². The summed E-state index contributed by atoms with van der Waals surface area (Å²) in [6.07, 6.45) is 7.45. The molecule has 36 heavy (non-hydrogen) atoms. The Morgan fingerprint density at radius 1 is 1.08 bits per heavy atom. The van der Waals surface area contributed by atoms with Gasteiger partial charge in [0.2, 0.25) is 11.8 Å². The van der Waals surface area contributed by atoms with Gasteiger partial charge in [0.25, 0.3) is 0 Å². The van der Waals surface area contributed by atoms with E-state index >= 15 is 0 Å². The number of para-hydroxylation sites is 1. The largest absolute Gasteiger partial charge is 0.497 e. The van der Waals surface area contributed by atoms with Crippen molar-refractivity contribution in [1.29, 1.82) is 0 Å². The van der Waals surface area contributed by atoms with Crippen LogP contribution in [0.25, 0.3) is 10.9 Å². The van der Waals surface area contributed by atoms with E-state index in [0.717, 1.165) is 47.0 Å². The number of ether oxygens (including phenoxy) is 1. The first-order valence-corrected chi connectivity index (χ1v) is 13.4. The number of aromatic amines is 1. The highest BCUT2D eigenvalue weighted by Crippen LogP contribution is 2.34. The molecule has 6 nitrogen and oxygen atoms in total. The minimum Gasteiger partial charge on any atom is -0.497 e. The summed E-state index contributed by atoms with van der Waals surface area (Å²) < 4.78 is 5.46. The van der Waals surface area contributed by atoms with E-state index in [1.807, 2.05) is 72.2 Å². The molecule has 2 amide bonds. The van der Waals surface area contributed by atoms with Gasteiger partial charge in [0.15, 0.2) is 0 Å². The van der Waals surface area contributed by atoms with Crippen molar-refractivity contribution in [3.05, 3.63) is 82.7 Å². The van der Waals surface area contributed by atoms with Crippen LogP contribution in [0.2, 0.25) is 0 Å². The van der Waals surface area contributed by atoms with Gasteiger partial charge in [-0.05, 0) is 48.1 Å². The van der Waals surface area contributed by atoms with Gasteiger partial charge >= 0.3 is 0 Å². The molecule has 1 aliphatic rings. The lowest BCUT2D eigenvalue weighted by Gasteiger charge is -2.33. The number of hydrogen-bond donors (Lipinski definition) is 2. The average Bonchev–Trinajstić information content (AvgIpc) is 3.58. The van der Waals surface area contributed by atoms with Gasteiger partial charge < -0.3 is 15.0 Å². The fourth-order valence-corrected chi connectivity index (χ4v) is 5.88. The zero-order chi connectivity index (χ0) is 24.9. The summed E-state index contributed by atoms with van der Waals surface area (Å²) in [7, 11) is 1.60. The summed E-state index contributed by atoms with van der Waals surface area (Å²) in [5.74, 6) is 0.347. The zero-order valence-corrected chi connectivity index (χ0v) is 21.2. The molecule has 2 N–H and O–H groups in total. The predicted molar refractivity (Wildman–Crippen MR) is 145 cm³/mol. The molecule has 0 radical (unpaired) electrons. The van der Waals surface area contributed by atoms with Crippen molar-refractivity contribution in [2.75, 3.05) is 12.0 Å². The van der Waals surface area contributed by atoms with Gasteiger partial charge in [-0.15, -0.1) is 11.3 Å². The van der Waals surface area contributed by atoms with E-state index in [4.69, 9.17) is 4.74 Å². The SMILES string of the molecule is COc1cccc(N(C(=O)Cc2c[nH]c3ccccc23)[C@H](C(=O)NC2CCCCC2)c2cccs2)c1. The molecule has 2 heterocycles. The number of nitrogens with one attached hydrogen (secondary N) is 2. The van der Waals surface area contributed by atoms with E-state index in [1.54, 1.807) is 12.0 Å². The normalized spacial score (nSPS) is 14.9. The highest BCUT2D eigenvalue weighted by atomic mass is 32.1. The number of nitrogens with zero attached hydrogens (tertiary/aromatic N) is 1. The number of fused-ring (bicyclic) bond motifs is 1. The Morgan fingerprint density at radius 2 is 1.92 bits per heavy atom. The molecule has 2 aromatic heterocycles. The molecule has 4 aromatic rings. The predicted octanol–water partition coefficient (Wildman–Crippen LogP) is 6.00. The van der Waals surface area contributed by atoms with E-state index in [2.05, 4.69) is 10.3 Å². The second-order valence-electron chi connectivity index (χ2n) is 9.26. The molecule has 0 unspecified atom stereocenters. The Bertz CT molecular complexity index is 1320. The second kappa shape index (κ2) is 11.0. The van der Waals surface area contributed by atoms with Gasteiger partial charge in [-0.1, -0.05) is 49.6 Å². The number of carbonyl (C=O) groups excluding carboxylic acids is 2. The second-order valence-corrected chi connectivity index (χ2v) is 10.2. The number of hydrogen-bond acceptors (Lipinski definition) is 4. The van der Waals surface area contributed by atoms with E-state index in [-0.39, 0.29) is 24.3 Å². The topological polar surface area (TPSA) is 74.4 Å². The Morgan fingerprint density at radius 3 is 2.69 bits per heavy atom. The van der Waals surface area contributed by atoms with E-state index < -0.39 is 6.04 Å². The molecular weight excluding hydrogens is 470 g/mol. The maximum absolute atomic E-state index is 14.1. The number of anilines is 1. The molecule has 1 saturated carbocycles. The first-order chi connectivity index (χ1) is 17.6. The van der Waals surface area contributed by atoms with Gasteiger partial charge in [-0.2, -0.15) is 0 Å². The number of rotatable bonds is 8. The van der Waals surface area contributed by atoms with Crippen molar-refractivity contribution in [2.45, 2.75) is 50.6 Å². The lowest BCUT2D eigenvalue weighted by Crippen LogP contribution is -2.47. The van der Waals surface area contributed by atoms with Crippen LogP contribution >= 0.6 is 11.3 Å². The summed E-state index contributed by atoms with van der Waals surface area (Å²) in [6.45, 7) is 0. The first kappa shape index (κ1) is 24.1. The summed E-state index contributed by atoms with van der Waals surface area (Å²) in [4.78, 5) is 33.7. The number of thiophene rings is 1. The third-order valence-corrected chi connectivity index (χ3v) is 7.81. The third-order valence-electron chi connectivity index (χ3n) is 6.89. The molecule has 186 valence electrons. The summed E-state index contributed by atoms with van der Waals surface area (Å²) in [5, 5.41) is 6.22. The number of benzene rings is 2. The maximum atomic E-state index is 14.1. The lowest BCUT2D eigenvalue weighted by atomic mass is 9.95. The Kier molecular flexibility index (Phi) is 7.37. The number of carbonyl (C=O) groups is 2. The summed E-state index contributed by atoms with van der Waals surface area (Å²) in [6, 6.07) is 18.6. The van der Waals surface area contributed by atoms with Crippen LogP contribution in [0, 0.1) is 0 Å². The fraction of sp³-hybridized carbons (Fsp3) is 0.310. The van der Waals surface area contributed by atoms with Gasteiger partial charge in [0, 0.05) is 39.8 Å². The lowest BCUT2D eigenvalue weighted by molar-refractivity contribution is -0.127. The Balaban J connectivity index is 1.53. The molecule has 2 aromatic carbocycles. The van der Waals surface area contributed by atoms with Crippen LogP contribution < -0.4 is 15.0 Å². The highest BCUT2D eigenvalue weighted by Gasteiger charge is 2.35. The fourth-order valence-electron chi connectivity index (χ4n) is 5.07. The number of methoxy groups -OCH3 is 1. The third kappa shape index (κ3) is 5.16. The van der Waals surface area contributed by atoms with Crippen LogP contribution in [0.4, 0.5) is 5.69 Å². The summed E-state index contributed by atoms with van der Waals surface area (Å²) in [5.41, 5.74) is 2.52. The Hall–Kier alpha value is -3.58. The first-order valence-electron chi connectivity index (χ1n) is 12.5. The highest BCUT2D eigenvalue weighted by molar-refractivity contribution is 7.10. The number of amides is 2. The molecule has 1 atom stereocenters. The molecule has 0 saturated heterocycles. The van der Waals surface area contributed by atoms with Gasteiger partial charge in [-0.25, -0.2) is 0 Å². The molecular formula is C29H31N3O3S. The van der Waals surface area contributed by atoms with E-state index in [1.165, 1.54) is 17.8 Å². The molecule has 1 aliphatic carbocycles. The van der Waals surface area contributed by atoms with Crippen molar-refractivity contribution in [3.63, 3.8) is 0 Å². The standard InChI is InChI=1S/C29H31N3O3S/c1-35-23-12-7-11-22(18-23)32(27(33)17-20-19-30-25-14-6-5-13-24(20)25)28(26-15-8-16-36-26)29(34)31-21-9-3-2-4-10-21/h5-8,11-16,18-19,21,28,30H,2-4,9-10,17H2,1H3,(H,31,34)/t28-/m0/s1. The van der Waals surface area contributed by atoms with Crippen LogP contribution in [0.1, 0.15) is 48.6 Å². The average molecular weight is 502 g/mol. The van der Waals surface area contributed by atoms with Crippen LogP contribution in [-0.2, 0) is 16.0 Å². The maximum Gasteiger partial charge on any atom is 0.248 e. The van der Waals surface area contributed by atoms with Crippen molar-refractivity contribution in [1.82, 2.24) is 10.3 Å². The number of aromatic nitrogens is 1. The zero-order valence-electron chi connectivity index (χ0n) is 20.4. The molecule has 7 heteroatoms. The quantitative estimate of drug-likeness (QED) is 0.311. The molecule has 0 bridgehead atoms. The van der Waals surface area contributed by atoms with Gasteiger partial charge in [0.05, 0.1) is 13.5 Å². The minimum atomic E-state index is -0.767. The van der Waals surface area contributed by atoms with Crippen molar-refractivity contribution in [2.24, 2.45) is 0 Å². The van der Waals surface area contributed by atoms with Crippen molar-refractivity contribution < 1.29 is 14.3 Å². The van der Waals surface area contributed by atoms with Crippen LogP contribution in [-0.4, -0.2) is 29.9 Å². The van der Waals surface area contributed by atoms with Crippen LogP contribution in [0.15, 0.2) is 72.2 Å². The van der Waals surface area contributed by atoms with E-state index in [9.17, 15) is 9.59 Å². The van der Waals surface area contributed by atoms with Crippen molar-refractivity contribution in [3.8, 4) is 5.75 Å². The molecule has 0 spiro atoms.